The first-order valence-electron chi connectivity index (χ1n) is 9.33. The molecule has 2 aromatic rings. The van der Waals surface area contributed by atoms with Crippen LogP contribution in [0.2, 0.25) is 0 Å². The molecule has 142 valence electrons. The lowest BCUT2D eigenvalue weighted by molar-refractivity contribution is -0.146. The quantitative estimate of drug-likeness (QED) is 0.828. The number of aliphatic carboxylic acids is 1. The Morgan fingerprint density at radius 1 is 0.852 bits per heavy atom. The molecule has 0 saturated heterocycles. The summed E-state index contributed by atoms with van der Waals surface area (Å²) in [6, 6.07) is 16.0. The highest BCUT2D eigenvalue weighted by atomic mass is 19.1. The van der Waals surface area contributed by atoms with Crippen LogP contribution in [-0.4, -0.2) is 21.9 Å². The molecular weight excluding hydrogens is 345 g/mol. The fraction of sp³-hybridized carbons (Fsp3) is 0.364. The summed E-state index contributed by atoms with van der Waals surface area (Å²) in [7, 11) is 0. The molecule has 3 rings (SSSR count). The summed E-state index contributed by atoms with van der Waals surface area (Å²) in [4.78, 5) is 26.1. The van der Waals surface area contributed by atoms with Gasteiger partial charge in [-0.3, -0.25) is 9.59 Å². The van der Waals surface area contributed by atoms with Crippen molar-refractivity contribution in [3.05, 3.63) is 71.5 Å². The summed E-state index contributed by atoms with van der Waals surface area (Å²) in [5.41, 5.74) is 1.91. The van der Waals surface area contributed by atoms with Gasteiger partial charge in [-0.15, -0.1) is 0 Å². The van der Waals surface area contributed by atoms with Gasteiger partial charge in [0.2, 0.25) is 5.91 Å². The molecule has 0 heterocycles. The van der Waals surface area contributed by atoms with Crippen molar-refractivity contribution in [1.29, 1.82) is 0 Å². The molecule has 1 amide bonds. The van der Waals surface area contributed by atoms with Crippen molar-refractivity contribution in [2.75, 3.05) is 0 Å². The average molecular weight is 369 g/mol. The van der Waals surface area contributed by atoms with Crippen molar-refractivity contribution >= 4 is 11.9 Å². The number of carbonyl (C=O) groups is 2. The number of hydrogen-bond donors (Lipinski definition) is 1. The predicted molar refractivity (Wildman–Crippen MR) is 100 cm³/mol. The maximum atomic E-state index is 13.2. The molecule has 0 aliphatic heterocycles. The Hall–Kier alpha value is -2.69. The lowest BCUT2D eigenvalue weighted by atomic mass is 9.81. The van der Waals surface area contributed by atoms with Gasteiger partial charge in [0.1, 0.15) is 5.82 Å². The van der Waals surface area contributed by atoms with Crippen LogP contribution in [0.3, 0.4) is 0 Å². The van der Waals surface area contributed by atoms with E-state index in [0.717, 1.165) is 11.1 Å². The standard InChI is InChI=1S/C22H24FNO3/c23-20-12-6-17(7-13-20)15-24(14-16-4-2-1-3-5-16)21(25)18-8-10-19(11-9-18)22(26)27/h1-7,12-13,18-19H,8-11,14-15H2,(H,26,27). The van der Waals surface area contributed by atoms with E-state index in [0.29, 0.717) is 38.8 Å². The van der Waals surface area contributed by atoms with Crippen LogP contribution < -0.4 is 0 Å². The van der Waals surface area contributed by atoms with Crippen molar-refractivity contribution < 1.29 is 19.1 Å². The zero-order valence-corrected chi connectivity index (χ0v) is 15.2. The Balaban J connectivity index is 1.73. The average Bonchev–Trinajstić information content (AvgIpc) is 2.69. The van der Waals surface area contributed by atoms with Gasteiger partial charge < -0.3 is 10.0 Å². The van der Waals surface area contributed by atoms with Gasteiger partial charge >= 0.3 is 5.97 Å². The van der Waals surface area contributed by atoms with E-state index in [1.807, 2.05) is 30.3 Å². The van der Waals surface area contributed by atoms with Crippen LogP contribution in [-0.2, 0) is 22.7 Å². The Morgan fingerprint density at radius 3 is 1.93 bits per heavy atom. The minimum absolute atomic E-state index is 0.0482. The molecule has 1 aliphatic carbocycles. The molecular formula is C22H24FNO3. The fourth-order valence-electron chi connectivity index (χ4n) is 3.67. The highest BCUT2D eigenvalue weighted by Gasteiger charge is 2.32. The lowest BCUT2D eigenvalue weighted by Gasteiger charge is -2.31. The van der Waals surface area contributed by atoms with Crippen LogP contribution in [0.15, 0.2) is 54.6 Å². The van der Waals surface area contributed by atoms with Crippen molar-refractivity contribution in [2.24, 2.45) is 11.8 Å². The first kappa shape index (κ1) is 19.1. The zero-order valence-electron chi connectivity index (χ0n) is 15.2. The summed E-state index contributed by atoms with van der Waals surface area (Å²) in [5, 5.41) is 9.16. The molecule has 5 heteroatoms. The van der Waals surface area contributed by atoms with Gasteiger partial charge in [0.15, 0.2) is 0 Å². The van der Waals surface area contributed by atoms with Crippen LogP contribution in [0.4, 0.5) is 4.39 Å². The van der Waals surface area contributed by atoms with E-state index in [1.54, 1.807) is 17.0 Å². The van der Waals surface area contributed by atoms with E-state index in [4.69, 9.17) is 5.11 Å². The van der Waals surface area contributed by atoms with E-state index >= 15 is 0 Å². The first-order chi connectivity index (χ1) is 13.0. The molecule has 27 heavy (non-hydrogen) atoms. The highest BCUT2D eigenvalue weighted by molar-refractivity contribution is 5.79. The number of amides is 1. The molecule has 0 spiro atoms. The molecule has 0 atom stereocenters. The smallest absolute Gasteiger partial charge is 0.306 e. The number of rotatable bonds is 6. The van der Waals surface area contributed by atoms with Crippen LogP contribution in [0.1, 0.15) is 36.8 Å². The lowest BCUT2D eigenvalue weighted by Crippen LogP contribution is -2.37. The molecule has 1 saturated carbocycles. The molecule has 1 N–H and O–H groups in total. The first-order valence-corrected chi connectivity index (χ1v) is 9.33. The molecule has 1 fully saturated rings. The van der Waals surface area contributed by atoms with Crippen LogP contribution in [0.25, 0.3) is 0 Å². The monoisotopic (exact) mass is 369 g/mol. The maximum absolute atomic E-state index is 13.2. The molecule has 2 aromatic carbocycles. The SMILES string of the molecule is O=C(O)C1CCC(C(=O)N(Cc2ccccc2)Cc2ccc(F)cc2)CC1. The number of carboxylic acids is 1. The number of hydrogen-bond acceptors (Lipinski definition) is 2. The van der Waals surface area contributed by atoms with Gasteiger partial charge in [0.05, 0.1) is 5.92 Å². The van der Waals surface area contributed by atoms with Crippen molar-refractivity contribution in [1.82, 2.24) is 4.90 Å². The molecule has 0 bridgehead atoms. The fourth-order valence-corrected chi connectivity index (χ4v) is 3.67. The van der Waals surface area contributed by atoms with Crippen molar-refractivity contribution in [2.45, 2.75) is 38.8 Å². The molecule has 1 aliphatic rings. The minimum atomic E-state index is -0.770. The number of benzene rings is 2. The Labute approximate surface area is 158 Å². The number of carbonyl (C=O) groups excluding carboxylic acids is 1. The van der Waals surface area contributed by atoms with Crippen LogP contribution >= 0.6 is 0 Å². The van der Waals surface area contributed by atoms with E-state index in [2.05, 4.69) is 0 Å². The normalized spacial score (nSPS) is 19.4. The molecule has 4 nitrogen and oxygen atoms in total. The van der Waals surface area contributed by atoms with Gasteiger partial charge in [-0.2, -0.15) is 0 Å². The minimum Gasteiger partial charge on any atom is -0.481 e. The van der Waals surface area contributed by atoms with Gasteiger partial charge in [-0.25, -0.2) is 4.39 Å². The zero-order chi connectivity index (χ0) is 19.2. The molecule has 0 unspecified atom stereocenters. The predicted octanol–water partition coefficient (Wildman–Crippen LogP) is 4.25. The van der Waals surface area contributed by atoms with Crippen molar-refractivity contribution in [3.63, 3.8) is 0 Å². The van der Waals surface area contributed by atoms with Crippen LogP contribution in [0.5, 0.6) is 0 Å². The highest BCUT2D eigenvalue weighted by Crippen LogP contribution is 2.31. The van der Waals surface area contributed by atoms with E-state index in [1.165, 1.54) is 12.1 Å². The Bertz CT molecular complexity index is 768. The largest absolute Gasteiger partial charge is 0.481 e. The summed E-state index contributed by atoms with van der Waals surface area (Å²) >= 11 is 0. The second kappa shape index (κ2) is 8.80. The number of nitrogens with zero attached hydrogens (tertiary/aromatic N) is 1. The number of halogens is 1. The summed E-state index contributed by atoms with van der Waals surface area (Å²) in [6.07, 6.45) is 2.29. The van der Waals surface area contributed by atoms with Gasteiger partial charge in [0.25, 0.3) is 0 Å². The van der Waals surface area contributed by atoms with Gasteiger partial charge in [-0.1, -0.05) is 42.5 Å². The van der Waals surface area contributed by atoms with Gasteiger partial charge in [0, 0.05) is 19.0 Å². The van der Waals surface area contributed by atoms with Gasteiger partial charge in [-0.05, 0) is 48.9 Å². The Kier molecular flexibility index (Phi) is 6.22. The second-order valence-corrected chi connectivity index (χ2v) is 7.19. The number of carboxylic acid groups (broad SMARTS) is 1. The third-order valence-corrected chi connectivity index (χ3v) is 5.24. The topological polar surface area (TPSA) is 57.6 Å². The van der Waals surface area contributed by atoms with E-state index in [-0.39, 0.29) is 23.6 Å². The molecule has 0 aromatic heterocycles. The van der Waals surface area contributed by atoms with Crippen molar-refractivity contribution in [3.8, 4) is 0 Å². The third kappa shape index (κ3) is 5.16. The Morgan fingerprint density at radius 2 is 1.37 bits per heavy atom. The summed E-state index contributed by atoms with van der Waals surface area (Å²) in [5.74, 6) is -1.51. The molecule has 0 radical (unpaired) electrons. The van der Waals surface area contributed by atoms with E-state index in [9.17, 15) is 14.0 Å². The summed E-state index contributed by atoms with van der Waals surface area (Å²) < 4.78 is 13.2. The third-order valence-electron chi connectivity index (χ3n) is 5.24. The second-order valence-electron chi connectivity index (χ2n) is 7.19. The summed E-state index contributed by atoms with van der Waals surface area (Å²) in [6.45, 7) is 0.892. The maximum Gasteiger partial charge on any atom is 0.306 e. The van der Waals surface area contributed by atoms with E-state index < -0.39 is 5.97 Å². The van der Waals surface area contributed by atoms with Crippen LogP contribution in [0, 0.1) is 17.7 Å².